The summed E-state index contributed by atoms with van der Waals surface area (Å²) >= 11 is 0. The van der Waals surface area contributed by atoms with Crippen molar-refractivity contribution in [2.75, 3.05) is 19.3 Å². The van der Waals surface area contributed by atoms with Gasteiger partial charge in [-0.05, 0) is 12.1 Å². The number of likely N-dealkylation sites (tertiary alicyclic amines) is 1. The Morgan fingerprint density at radius 2 is 2.15 bits per heavy atom. The predicted octanol–water partition coefficient (Wildman–Crippen LogP) is 0.614. The largest absolute Gasteiger partial charge is 0.382 e. The van der Waals surface area contributed by atoms with E-state index < -0.39 is 5.60 Å². The van der Waals surface area contributed by atoms with Crippen molar-refractivity contribution >= 4 is 22.8 Å². The number of hydrogen-bond donors (Lipinski definition) is 2. The van der Waals surface area contributed by atoms with Gasteiger partial charge in [-0.25, -0.2) is 19.9 Å². The van der Waals surface area contributed by atoms with E-state index in [9.17, 15) is 9.90 Å². The number of likely N-dealkylation sites (N-methyl/N-ethyl adjacent to an activating group) is 1. The number of anilines is 1. The molecule has 1 aliphatic heterocycles. The molecule has 134 valence electrons. The molecule has 1 aliphatic rings. The smallest absolute Gasteiger partial charge is 0.267 e. The Hall–Kier alpha value is -3.57. The van der Waals surface area contributed by atoms with E-state index in [1.54, 1.807) is 25.4 Å². The normalized spacial score (nSPS) is 19.2. The third kappa shape index (κ3) is 3.05. The molecule has 1 aromatic carbocycles. The van der Waals surface area contributed by atoms with Crippen LogP contribution in [-0.2, 0) is 4.79 Å². The van der Waals surface area contributed by atoms with E-state index in [-0.39, 0.29) is 11.7 Å². The van der Waals surface area contributed by atoms with Gasteiger partial charge in [0.1, 0.15) is 17.4 Å². The lowest BCUT2D eigenvalue weighted by molar-refractivity contribution is -0.137. The quantitative estimate of drug-likeness (QED) is 0.611. The van der Waals surface area contributed by atoms with Crippen molar-refractivity contribution in [2.24, 2.45) is 0 Å². The fraction of sp³-hybridized carbons (Fsp3) is 0.211. The summed E-state index contributed by atoms with van der Waals surface area (Å²) in [4.78, 5) is 30.3. The summed E-state index contributed by atoms with van der Waals surface area (Å²) in [6.07, 6.45) is 3.25. The van der Waals surface area contributed by atoms with E-state index in [4.69, 9.17) is 5.73 Å². The van der Waals surface area contributed by atoms with Crippen LogP contribution in [0.15, 0.2) is 36.8 Å². The molecule has 27 heavy (non-hydrogen) atoms. The Bertz CT molecular complexity index is 1120. The van der Waals surface area contributed by atoms with Crippen molar-refractivity contribution in [2.45, 2.75) is 12.0 Å². The van der Waals surface area contributed by atoms with Crippen LogP contribution in [0.1, 0.15) is 12.0 Å². The minimum absolute atomic E-state index is 0.283. The van der Waals surface area contributed by atoms with E-state index in [0.29, 0.717) is 35.4 Å². The number of aromatic nitrogens is 4. The van der Waals surface area contributed by atoms with Gasteiger partial charge < -0.3 is 15.7 Å². The van der Waals surface area contributed by atoms with Gasteiger partial charge in [0.2, 0.25) is 5.60 Å². The summed E-state index contributed by atoms with van der Waals surface area (Å²) in [5.41, 5.74) is 6.65. The molecular formula is C19H16N6O2. The number of fused-ring (bicyclic) bond motifs is 1. The zero-order chi connectivity index (χ0) is 19.0. The molecular weight excluding hydrogens is 344 g/mol. The second-order valence-corrected chi connectivity index (χ2v) is 6.35. The van der Waals surface area contributed by atoms with E-state index >= 15 is 0 Å². The number of hydrogen-bond acceptors (Lipinski definition) is 7. The lowest BCUT2D eigenvalue weighted by Crippen LogP contribution is -2.37. The van der Waals surface area contributed by atoms with E-state index in [1.165, 1.54) is 11.2 Å². The number of amides is 1. The molecule has 0 spiro atoms. The lowest BCUT2D eigenvalue weighted by atomic mass is 10.0. The monoisotopic (exact) mass is 360 g/mol. The van der Waals surface area contributed by atoms with Crippen LogP contribution >= 0.6 is 0 Å². The molecule has 0 bridgehead atoms. The molecule has 0 unspecified atom stereocenters. The van der Waals surface area contributed by atoms with Crippen LogP contribution in [0.3, 0.4) is 0 Å². The molecule has 0 radical (unpaired) electrons. The second kappa shape index (κ2) is 6.30. The van der Waals surface area contributed by atoms with Gasteiger partial charge in [-0.1, -0.05) is 24.0 Å². The fourth-order valence-electron chi connectivity index (χ4n) is 2.89. The van der Waals surface area contributed by atoms with Gasteiger partial charge in [0.15, 0.2) is 11.6 Å². The minimum atomic E-state index is -1.63. The molecule has 4 rings (SSSR count). The first-order valence-corrected chi connectivity index (χ1v) is 8.31. The van der Waals surface area contributed by atoms with Crippen molar-refractivity contribution in [3.63, 3.8) is 0 Å². The number of aliphatic hydroxyl groups is 1. The van der Waals surface area contributed by atoms with Gasteiger partial charge in [-0.2, -0.15) is 0 Å². The number of carbonyl (C=O) groups is 1. The topological polar surface area (TPSA) is 118 Å². The van der Waals surface area contributed by atoms with Crippen LogP contribution in [0, 0.1) is 11.8 Å². The number of nitrogens with zero attached hydrogens (tertiary/aromatic N) is 5. The number of nitrogens with two attached hydrogens (primary N) is 1. The standard InChI is InChI=1S/C19H16N6O2/c1-25-8-7-19(27,18(25)26)6-5-12-3-2-4-13(9-12)17-21-10-14-15(24-17)16(20)23-11-22-14/h2-4,9-11,27H,7-8H2,1H3,(H2,20,22,23)/t19-/m0/s1. The highest BCUT2D eigenvalue weighted by Gasteiger charge is 2.42. The first-order valence-electron chi connectivity index (χ1n) is 8.31. The van der Waals surface area contributed by atoms with Crippen LogP contribution in [0.5, 0.6) is 0 Å². The first-order chi connectivity index (χ1) is 13.0. The molecule has 1 fully saturated rings. The predicted molar refractivity (Wildman–Crippen MR) is 99.1 cm³/mol. The summed E-state index contributed by atoms with van der Waals surface area (Å²) < 4.78 is 0. The van der Waals surface area contributed by atoms with Crippen LogP contribution in [0.25, 0.3) is 22.4 Å². The van der Waals surface area contributed by atoms with Gasteiger partial charge >= 0.3 is 0 Å². The highest BCUT2D eigenvalue weighted by Crippen LogP contribution is 2.22. The maximum absolute atomic E-state index is 12.0. The Morgan fingerprint density at radius 1 is 1.30 bits per heavy atom. The molecule has 0 saturated carbocycles. The molecule has 1 saturated heterocycles. The molecule has 8 nitrogen and oxygen atoms in total. The first kappa shape index (κ1) is 16.9. The van der Waals surface area contributed by atoms with E-state index in [0.717, 1.165) is 5.56 Å². The van der Waals surface area contributed by atoms with Crippen molar-refractivity contribution in [3.05, 3.63) is 42.4 Å². The van der Waals surface area contributed by atoms with Gasteiger partial charge in [0, 0.05) is 31.1 Å². The highest BCUT2D eigenvalue weighted by atomic mass is 16.3. The van der Waals surface area contributed by atoms with E-state index in [1.807, 2.05) is 12.1 Å². The fourth-order valence-corrected chi connectivity index (χ4v) is 2.89. The van der Waals surface area contributed by atoms with Crippen molar-refractivity contribution in [3.8, 4) is 23.2 Å². The molecule has 1 amide bonds. The van der Waals surface area contributed by atoms with Crippen molar-refractivity contribution in [1.82, 2.24) is 24.8 Å². The van der Waals surface area contributed by atoms with Gasteiger partial charge in [-0.15, -0.1) is 0 Å². The maximum Gasteiger partial charge on any atom is 0.267 e. The molecule has 3 aromatic rings. The van der Waals surface area contributed by atoms with Crippen LogP contribution in [-0.4, -0.2) is 55.0 Å². The summed E-state index contributed by atoms with van der Waals surface area (Å²) in [5, 5.41) is 10.4. The Labute approximate surface area is 155 Å². The average molecular weight is 360 g/mol. The summed E-state index contributed by atoms with van der Waals surface area (Å²) in [5.74, 6) is 5.96. The number of carbonyl (C=O) groups excluding carboxylic acids is 1. The molecule has 0 aliphatic carbocycles. The van der Waals surface area contributed by atoms with Crippen LogP contribution in [0.2, 0.25) is 0 Å². The minimum Gasteiger partial charge on any atom is -0.382 e. The molecule has 3 heterocycles. The third-order valence-electron chi connectivity index (χ3n) is 4.45. The summed E-state index contributed by atoms with van der Waals surface area (Å²) in [6.45, 7) is 0.485. The Morgan fingerprint density at radius 3 is 2.93 bits per heavy atom. The van der Waals surface area contributed by atoms with Gasteiger partial charge in [0.25, 0.3) is 5.91 Å². The number of rotatable bonds is 1. The zero-order valence-electron chi connectivity index (χ0n) is 14.5. The molecule has 2 aromatic heterocycles. The van der Waals surface area contributed by atoms with Crippen molar-refractivity contribution in [1.29, 1.82) is 0 Å². The number of nitrogen functional groups attached to an aromatic ring is 1. The molecule has 8 heteroatoms. The lowest BCUT2D eigenvalue weighted by Gasteiger charge is -2.13. The van der Waals surface area contributed by atoms with Crippen molar-refractivity contribution < 1.29 is 9.90 Å². The SMILES string of the molecule is CN1CC[C@@](O)(C#Cc2cccc(-c3ncc4ncnc(N)c4n3)c2)C1=O. The molecule has 1 atom stereocenters. The number of benzene rings is 1. The Balaban J connectivity index is 1.69. The zero-order valence-corrected chi connectivity index (χ0v) is 14.5. The summed E-state index contributed by atoms with van der Waals surface area (Å²) in [7, 11) is 1.65. The van der Waals surface area contributed by atoms with E-state index in [2.05, 4.69) is 31.8 Å². The van der Waals surface area contributed by atoms with Gasteiger partial charge in [0.05, 0.1) is 6.20 Å². The average Bonchev–Trinajstić information content (AvgIpc) is 2.95. The maximum atomic E-state index is 12.0. The van der Waals surface area contributed by atoms with Crippen LogP contribution < -0.4 is 5.73 Å². The highest BCUT2D eigenvalue weighted by molar-refractivity contribution is 5.90. The van der Waals surface area contributed by atoms with Gasteiger partial charge in [-0.3, -0.25) is 4.79 Å². The second-order valence-electron chi connectivity index (χ2n) is 6.35. The summed E-state index contributed by atoms with van der Waals surface area (Å²) in [6, 6.07) is 7.24. The third-order valence-corrected chi connectivity index (χ3v) is 4.45. The Kier molecular flexibility index (Phi) is 3.94. The van der Waals surface area contributed by atoms with Crippen LogP contribution in [0.4, 0.5) is 5.82 Å². The molecule has 3 N–H and O–H groups in total.